The van der Waals surface area contributed by atoms with Crippen LogP contribution in [0.3, 0.4) is 0 Å². The minimum atomic E-state index is 0.0304. The van der Waals surface area contributed by atoms with Crippen LogP contribution in [-0.2, 0) is 0 Å². The number of nitrogens with two attached hydrogens (primary N) is 1. The molecule has 9 nitrogen and oxygen atoms in total. The van der Waals surface area contributed by atoms with Gasteiger partial charge in [0.2, 0.25) is 12.7 Å². The van der Waals surface area contributed by atoms with Crippen LogP contribution in [0.25, 0.3) is 10.9 Å². The summed E-state index contributed by atoms with van der Waals surface area (Å²) in [5.74, 6) is 2.43. The van der Waals surface area contributed by atoms with Crippen molar-refractivity contribution in [2.24, 2.45) is 0 Å². The molecule has 0 atom stereocenters. The Bertz CT molecular complexity index is 1010. The van der Waals surface area contributed by atoms with Crippen LogP contribution < -0.4 is 20.1 Å². The van der Waals surface area contributed by atoms with E-state index in [0.29, 0.717) is 41.9 Å². The summed E-state index contributed by atoms with van der Waals surface area (Å²) in [7, 11) is 0. The first-order valence-corrected chi connectivity index (χ1v) is 8.81. The summed E-state index contributed by atoms with van der Waals surface area (Å²) in [6.45, 7) is 1.58. The van der Waals surface area contributed by atoms with Crippen LogP contribution in [0.4, 0.5) is 11.8 Å². The van der Waals surface area contributed by atoms with Crippen molar-refractivity contribution in [3.8, 4) is 23.3 Å². The van der Waals surface area contributed by atoms with E-state index in [1.54, 1.807) is 10.6 Å². The third kappa shape index (κ3) is 2.54. The molecule has 0 amide bonds. The second-order valence-electron chi connectivity index (χ2n) is 6.77. The van der Waals surface area contributed by atoms with Gasteiger partial charge in [-0.15, -0.1) is 0 Å². The van der Waals surface area contributed by atoms with E-state index in [9.17, 15) is 10.2 Å². The van der Waals surface area contributed by atoms with Gasteiger partial charge in [0.25, 0.3) is 0 Å². The number of piperidine rings is 1. The molecule has 9 heteroatoms. The van der Waals surface area contributed by atoms with Gasteiger partial charge in [0.1, 0.15) is 5.82 Å². The Hall–Kier alpha value is -3.36. The highest BCUT2D eigenvalue weighted by atomic mass is 16.7. The Labute approximate surface area is 154 Å². The maximum Gasteiger partial charge on any atom is 0.231 e. The molecule has 4 N–H and O–H groups in total. The van der Waals surface area contributed by atoms with Crippen molar-refractivity contribution in [3.05, 3.63) is 24.3 Å². The van der Waals surface area contributed by atoms with Gasteiger partial charge in [0.15, 0.2) is 23.3 Å². The lowest BCUT2D eigenvalue weighted by Gasteiger charge is -2.33. The standard InChI is InChI=1S/C18H19N5O4/c19-17-11-7-13-14(27-9-26-13)8-12(11)20-18(21-17)22-5-3-10(4-6-22)23-15(24)1-2-16(23)25/h1-2,7-8,10,24-25H,3-6,9H2,(H2,19,20,21). The average Bonchev–Trinajstić information content (AvgIpc) is 3.26. The van der Waals surface area contributed by atoms with Gasteiger partial charge >= 0.3 is 0 Å². The predicted octanol–water partition coefficient (Wildman–Crippen LogP) is 1.99. The number of nitrogens with zero attached hydrogens (tertiary/aromatic N) is 4. The fraction of sp³-hybridized carbons (Fsp3) is 0.333. The highest BCUT2D eigenvalue weighted by Gasteiger charge is 2.26. The number of nitrogen functional groups attached to an aromatic ring is 1. The van der Waals surface area contributed by atoms with E-state index in [0.717, 1.165) is 18.2 Å². The number of fused-ring (bicyclic) bond motifs is 2. The second kappa shape index (κ2) is 5.83. The van der Waals surface area contributed by atoms with Gasteiger partial charge in [-0.1, -0.05) is 0 Å². The molecule has 0 saturated carbocycles. The molecular formula is C18H19N5O4. The van der Waals surface area contributed by atoms with Gasteiger partial charge in [0.05, 0.1) is 5.52 Å². The number of hydrogen-bond acceptors (Lipinski definition) is 8. The van der Waals surface area contributed by atoms with Crippen LogP contribution in [-0.4, -0.2) is 44.6 Å². The van der Waals surface area contributed by atoms with Crippen molar-refractivity contribution in [2.75, 3.05) is 30.5 Å². The lowest BCUT2D eigenvalue weighted by Crippen LogP contribution is -2.35. The number of aromatic nitrogens is 3. The summed E-state index contributed by atoms with van der Waals surface area (Å²) in [5.41, 5.74) is 6.87. The van der Waals surface area contributed by atoms with E-state index in [1.165, 1.54) is 12.1 Å². The Morgan fingerprint density at radius 1 is 1.00 bits per heavy atom. The number of hydrogen-bond donors (Lipinski definition) is 3. The molecule has 4 heterocycles. The van der Waals surface area contributed by atoms with Crippen molar-refractivity contribution >= 4 is 22.7 Å². The number of benzene rings is 1. The maximum atomic E-state index is 9.92. The molecule has 1 saturated heterocycles. The van der Waals surface area contributed by atoms with Crippen LogP contribution in [0, 0.1) is 0 Å². The van der Waals surface area contributed by atoms with E-state index in [-0.39, 0.29) is 24.6 Å². The van der Waals surface area contributed by atoms with Gasteiger partial charge in [0, 0.05) is 42.7 Å². The molecule has 2 aromatic heterocycles. The molecule has 2 aliphatic heterocycles. The first-order valence-electron chi connectivity index (χ1n) is 8.81. The lowest BCUT2D eigenvalue weighted by molar-refractivity contribution is 0.174. The largest absolute Gasteiger partial charge is 0.494 e. The van der Waals surface area contributed by atoms with Gasteiger partial charge in [-0.05, 0) is 18.9 Å². The summed E-state index contributed by atoms with van der Waals surface area (Å²) in [4.78, 5) is 11.2. The molecule has 1 aromatic carbocycles. The SMILES string of the molecule is Nc1nc(N2CCC(n3c(O)ccc3O)CC2)nc2cc3c(cc12)OCO3. The summed E-state index contributed by atoms with van der Waals surface area (Å²) >= 11 is 0. The first-order chi connectivity index (χ1) is 13.1. The zero-order valence-corrected chi connectivity index (χ0v) is 14.5. The molecule has 0 radical (unpaired) electrons. The molecule has 2 aliphatic rings. The van der Waals surface area contributed by atoms with Crippen LogP contribution in [0.5, 0.6) is 23.3 Å². The number of aromatic hydroxyl groups is 2. The molecule has 0 bridgehead atoms. The quantitative estimate of drug-likeness (QED) is 0.627. The monoisotopic (exact) mass is 369 g/mol. The van der Waals surface area contributed by atoms with Crippen LogP contribution in [0.2, 0.25) is 0 Å². The van der Waals surface area contributed by atoms with Gasteiger partial charge in [-0.2, -0.15) is 4.98 Å². The van der Waals surface area contributed by atoms with Crippen molar-refractivity contribution < 1.29 is 19.7 Å². The number of anilines is 2. The van der Waals surface area contributed by atoms with Crippen LogP contribution in [0.15, 0.2) is 24.3 Å². The molecule has 27 heavy (non-hydrogen) atoms. The van der Waals surface area contributed by atoms with Crippen molar-refractivity contribution in [1.29, 1.82) is 0 Å². The summed E-state index contributed by atoms with van der Waals surface area (Å²) in [6.07, 6.45) is 1.50. The molecule has 0 spiro atoms. The highest BCUT2D eigenvalue weighted by Crippen LogP contribution is 2.38. The molecule has 0 aliphatic carbocycles. The van der Waals surface area contributed by atoms with Crippen molar-refractivity contribution in [1.82, 2.24) is 14.5 Å². The normalized spacial score (nSPS) is 17.0. The Balaban J connectivity index is 1.41. The minimum Gasteiger partial charge on any atom is -0.494 e. The van der Waals surface area contributed by atoms with Crippen LogP contribution >= 0.6 is 0 Å². The second-order valence-corrected chi connectivity index (χ2v) is 6.77. The van der Waals surface area contributed by atoms with Crippen molar-refractivity contribution in [3.63, 3.8) is 0 Å². The third-order valence-electron chi connectivity index (χ3n) is 5.20. The summed E-state index contributed by atoms with van der Waals surface area (Å²) in [6, 6.07) is 6.66. The fourth-order valence-corrected chi connectivity index (χ4v) is 3.80. The molecular weight excluding hydrogens is 350 g/mol. The van der Waals surface area contributed by atoms with Crippen LogP contribution in [0.1, 0.15) is 18.9 Å². The topological polar surface area (TPSA) is 119 Å². The lowest BCUT2D eigenvalue weighted by atomic mass is 10.1. The summed E-state index contributed by atoms with van der Waals surface area (Å²) in [5, 5.41) is 20.6. The predicted molar refractivity (Wildman–Crippen MR) is 98.3 cm³/mol. The number of rotatable bonds is 2. The van der Waals surface area contributed by atoms with E-state index in [2.05, 4.69) is 14.9 Å². The average molecular weight is 369 g/mol. The van der Waals surface area contributed by atoms with E-state index >= 15 is 0 Å². The number of ether oxygens (including phenoxy) is 2. The minimum absolute atomic E-state index is 0.0304. The first kappa shape index (κ1) is 15.9. The zero-order chi connectivity index (χ0) is 18.5. The smallest absolute Gasteiger partial charge is 0.231 e. The third-order valence-corrected chi connectivity index (χ3v) is 5.20. The molecule has 3 aromatic rings. The molecule has 0 unspecified atom stereocenters. The van der Waals surface area contributed by atoms with E-state index < -0.39 is 0 Å². The van der Waals surface area contributed by atoms with Crippen molar-refractivity contribution in [2.45, 2.75) is 18.9 Å². The summed E-state index contributed by atoms with van der Waals surface area (Å²) < 4.78 is 12.4. The molecule has 140 valence electrons. The Kier molecular flexibility index (Phi) is 3.43. The van der Waals surface area contributed by atoms with Gasteiger partial charge in [-0.3, -0.25) is 4.57 Å². The van der Waals surface area contributed by atoms with Gasteiger partial charge in [-0.25, -0.2) is 4.98 Å². The fourth-order valence-electron chi connectivity index (χ4n) is 3.80. The maximum absolute atomic E-state index is 9.92. The van der Waals surface area contributed by atoms with E-state index in [4.69, 9.17) is 15.2 Å². The van der Waals surface area contributed by atoms with E-state index in [1.807, 2.05) is 6.07 Å². The van der Waals surface area contributed by atoms with Gasteiger partial charge < -0.3 is 30.3 Å². The molecule has 1 fully saturated rings. The Morgan fingerprint density at radius 3 is 2.37 bits per heavy atom. The Morgan fingerprint density at radius 2 is 1.67 bits per heavy atom. The molecule has 5 rings (SSSR count). The highest BCUT2D eigenvalue weighted by molar-refractivity contribution is 5.91. The zero-order valence-electron chi connectivity index (χ0n) is 14.5.